The molecule has 1 aromatic heterocycles. The molecule has 1 N–H and O–H groups in total. The van der Waals surface area contributed by atoms with Gasteiger partial charge >= 0.3 is 0 Å². The summed E-state index contributed by atoms with van der Waals surface area (Å²) in [5.74, 6) is 0.0214. The van der Waals surface area contributed by atoms with Gasteiger partial charge in [0, 0.05) is 22.8 Å². The smallest absolute Gasteiger partial charge is 0.268 e. The zero-order valence-corrected chi connectivity index (χ0v) is 13.3. The Hall–Kier alpha value is -0.770. The predicted molar refractivity (Wildman–Crippen MR) is 78.9 cm³/mol. The monoisotopic (exact) mass is 314 g/mol. The fourth-order valence-corrected chi connectivity index (χ4v) is 2.71. The minimum absolute atomic E-state index is 0.0214. The van der Waals surface area contributed by atoms with Crippen LogP contribution >= 0.6 is 15.9 Å². The van der Waals surface area contributed by atoms with Crippen LogP contribution in [0, 0.1) is 0 Å². The van der Waals surface area contributed by atoms with Crippen LogP contribution in [-0.4, -0.2) is 16.0 Å². The van der Waals surface area contributed by atoms with Crippen LogP contribution in [0.4, 0.5) is 0 Å². The number of carbonyl (C=O) groups is 1. The first kappa shape index (κ1) is 15.3. The molecular weight excluding hydrogens is 292 g/mol. The molecule has 0 saturated heterocycles. The normalized spacial score (nSPS) is 11.6. The highest BCUT2D eigenvalue weighted by atomic mass is 79.9. The Morgan fingerprint density at radius 1 is 1.28 bits per heavy atom. The maximum absolute atomic E-state index is 12.4. The average molecular weight is 315 g/mol. The van der Waals surface area contributed by atoms with Gasteiger partial charge in [0.25, 0.3) is 5.91 Å². The van der Waals surface area contributed by atoms with Gasteiger partial charge in [0.2, 0.25) is 0 Å². The molecule has 0 aliphatic carbocycles. The molecule has 1 amide bonds. The van der Waals surface area contributed by atoms with E-state index in [2.05, 4.69) is 42.0 Å². The van der Waals surface area contributed by atoms with Crippen LogP contribution in [0.15, 0.2) is 16.7 Å². The number of halogens is 1. The molecule has 0 saturated carbocycles. The lowest BCUT2D eigenvalue weighted by Gasteiger charge is -2.31. The molecule has 0 aromatic carbocycles. The van der Waals surface area contributed by atoms with E-state index in [1.165, 1.54) is 0 Å². The molecular formula is C14H23BrN2O. The number of amides is 1. The van der Waals surface area contributed by atoms with E-state index in [4.69, 9.17) is 0 Å². The molecule has 1 heterocycles. The highest BCUT2D eigenvalue weighted by Crippen LogP contribution is 2.21. The van der Waals surface area contributed by atoms with Crippen molar-refractivity contribution in [1.82, 2.24) is 9.88 Å². The van der Waals surface area contributed by atoms with Crippen molar-refractivity contribution in [3.05, 3.63) is 22.4 Å². The van der Waals surface area contributed by atoms with Crippen molar-refractivity contribution in [3.8, 4) is 0 Å². The van der Waals surface area contributed by atoms with E-state index in [1.54, 1.807) is 0 Å². The summed E-state index contributed by atoms with van der Waals surface area (Å²) in [6.45, 7) is 9.22. The third kappa shape index (κ3) is 3.16. The molecule has 3 nitrogen and oxygen atoms in total. The van der Waals surface area contributed by atoms with Gasteiger partial charge in [-0.25, -0.2) is 0 Å². The van der Waals surface area contributed by atoms with Crippen molar-refractivity contribution in [2.75, 3.05) is 0 Å². The molecule has 0 atom stereocenters. The molecule has 4 heteroatoms. The highest BCUT2D eigenvalue weighted by Gasteiger charge is 2.27. The number of hydrogen-bond acceptors (Lipinski definition) is 1. The summed E-state index contributed by atoms with van der Waals surface area (Å²) >= 11 is 3.42. The van der Waals surface area contributed by atoms with Crippen molar-refractivity contribution in [2.45, 2.75) is 59.0 Å². The van der Waals surface area contributed by atoms with Gasteiger partial charge in [-0.1, -0.05) is 20.8 Å². The molecule has 0 bridgehead atoms. The van der Waals surface area contributed by atoms with Gasteiger partial charge in [-0.15, -0.1) is 0 Å². The Morgan fingerprint density at radius 3 is 2.28 bits per heavy atom. The topological polar surface area (TPSA) is 34.0 Å². The third-order valence-corrected chi connectivity index (χ3v) is 4.28. The Balaban J connectivity index is 2.93. The Labute approximate surface area is 118 Å². The fourth-order valence-electron chi connectivity index (χ4n) is 2.25. The van der Waals surface area contributed by atoms with Crippen LogP contribution in [0.2, 0.25) is 0 Å². The van der Waals surface area contributed by atoms with E-state index in [1.807, 2.05) is 23.8 Å². The number of hydrogen-bond donors (Lipinski definition) is 1. The lowest BCUT2D eigenvalue weighted by Crippen LogP contribution is -2.47. The summed E-state index contributed by atoms with van der Waals surface area (Å²) in [7, 11) is 0. The Bertz CT molecular complexity index is 400. The number of aryl methyl sites for hydroxylation is 1. The summed E-state index contributed by atoms with van der Waals surface area (Å²) in [5.41, 5.74) is 0.649. The van der Waals surface area contributed by atoms with E-state index in [9.17, 15) is 4.79 Å². The van der Waals surface area contributed by atoms with E-state index >= 15 is 0 Å². The van der Waals surface area contributed by atoms with E-state index in [0.717, 1.165) is 36.0 Å². The lowest BCUT2D eigenvalue weighted by molar-refractivity contribution is 0.0878. The SMILES string of the molecule is CCn1cc(Br)cc1C(=O)NC(CC)(CC)CC. The molecule has 102 valence electrons. The highest BCUT2D eigenvalue weighted by molar-refractivity contribution is 9.10. The van der Waals surface area contributed by atoms with Crippen molar-refractivity contribution in [3.63, 3.8) is 0 Å². The largest absolute Gasteiger partial charge is 0.345 e. The van der Waals surface area contributed by atoms with Gasteiger partial charge in [0.1, 0.15) is 5.69 Å². The molecule has 0 fully saturated rings. The molecule has 0 aliphatic rings. The molecule has 18 heavy (non-hydrogen) atoms. The minimum atomic E-state index is -0.0770. The number of nitrogens with one attached hydrogen (secondary N) is 1. The van der Waals surface area contributed by atoms with Gasteiger partial charge in [0.15, 0.2) is 0 Å². The first-order chi connectivity index (χ1) is 8.51. The van der Waals surface area contributed by atoms with Crippen LogP contribution < -0.4 is 5.32 Å². The molecule has 0 radical (unpaired) electrons. The summed E-state index contributed by atoms with van der Waals surface area (Å²) in [6.07, 6.45) is 4.82. The van der Waals surface area contributed by atoms with Gasteiger partial charge in [0.05, 0.1) is 0 Å². The van der Waals surface area contributed by atoms with Crippen LogP contribution in [0.1, 0.15) is 57.4 Å². The Morgan fingerprint density at radius 2 is 1.83 bits per heavy atom. The zero-order valence-electron chi connectivity index (χ0n) is 11.7. The zero-order chi connectivity index (χ0) is 13.8. The van der Waals surface area contributed by atoms with Crippen LogP contribution in [0.3, 0.4) is 0 Å². The maximum Gasteiger partial charge on any atom is 0.268 e. The van der Waals surface area contributed by atoms with Gasteiger partial charge < -0.3 is 9.88 Å². The third-order valence-electron chi connectivity index (χ3n) is 3.85. The molecule has 1 aromatic rings. The van der Waals surface area contributed by atoms with E-state index in [-0.39, 0.29) is 11.4 Å². The van der Waals surface area contributed by atoms with Crippen LogP contribution in [0.5, 0.6) is 0 Å². The summed E-state index contributed by atoms with van der Waals surface area (Å²) in [6, 6.07) is 1.88. The predicted octanol–water partition coefficient (Wildman–Crippen LogP) is 3.97. The van der Waals surface area contributed by atoms with Crippen molar-refractivity contribution in [1.29, 1.82) is 0 Å². The first-order valence-corrected chi connectivity index (χ1v) is 7.49. The second-order valence-corrected chi connectivity index (χ2v) is 5.54. The molecule has 0 aliphatic heterocycles. The number of aromatic nitrogens is 1. The number of carbonyl (C=O) groups excluding carboxylic acids is 1. The van der Waals surface area contributed by atoms with Gasteiger partial charge in [-0.05, 0) is 48.2 Å². The van der Waals surface area contributed by atoms with E-state index in [0.29, 0.717) is 0 Å². The molecule has 0 unspecified atom stereocenters. The van der Waals surface area contributed by atoms with Crippen molar-refractivity contribution < 1.29 is 4.79 Å². The summed E-state index contributed by atoms with van der Waals surface area (Å²) in [5, 5.41) is 3.20. The lowest BCUT2D eigenvalue weighted by atomic mass is 9.89. The van der Waals surface area contributed by atoms with Crippen LogP contribution in [-0.2, 0) is 6.54 Å². The molecule has 1 rings (SSSR count). The molecule has 0 spiro atoms. The van der Waals surface area contributed by atoms with Crippen LogP contribution in [0.25, 0.3) is 0 Å². The standard InChI is InChI=1S/C14H23BrN2O/c1-5-14(6-2,7-3)16-13(18)12-9-11(15)10-17(12)8-4/h9-10H,5-8H2,1-4H3,(H,16,18). The second kappa shape index (κ2) is 6.41. The fraction of sp³-hybridized carbons (Fsp3) is 0.643. The average Bonchev–Trinajstić information content (AvgIpc) is 2.77. The first-order valence-electron chi connectivity index (χ1n) is 6.70. The summed E-state index contributed by atoms with van der Waals surface area (Å²) in [4.78, 5) is 12.4. The minimum Gasteiger partial charge on any atom is -0.345 e. The van der Waals surface area contributed by atoms with Gasteiger partial charge in [-0.3, -0.25) is 4.79 Å². The summed E-state index contributed by atoms with van der Waals surface area (Å²) < 4.78 is 2.91. The van der Waals surface area contributed by atoms with E-state index < -0.39 is 0 Å². The quantitative estimate of drug-likeness (QED) is 0.847. The van der Waals surface area contributed by atoms with Crippen molar-refractivity contribution >= 4 is 21.8 Å². The van der Waals surface area contributed by atoms with Crippen molar-refractivity contribution in [2.24, 2.45) is 0 Å². The maximum atomic E-state index is 12.4. The number of rotatable bonds is 6. The van der Waals surface area contributed by atoms with Gasteiger partial charge in [-0.2, -0.15) is 0 Å². The number of nitrogens with zero attached hydrogens (tertiary/aromatic N) is 1. The Kier molecular flexibility index (Phi) is 5.45. The second-order valence-electron chi connectivity index (χ2n) is 4.62.